The minimum Gasteiger partial charge on any atom is -0.467 e. The Kier molecular flexibility index (Phi) is 6.45. The van der Waals surface area contributed by atoms with E-state index in [0.717, 1.165) is 25.7 Å². The lowest BCUT2D eigenvalue weighted by Gasteiger charge is -2.31. The van der Waals surface area contributed by atoms with Gasteiger partial charge >= 0.3 is 12.1 Å². The Hall–Kier alpha value is -1.30. The van der Waals surface area contributed by atoms with Crippen LogP contribution in [0.5, 0.6) is 0 Å². The molecule has 1 atom stereocenters. The van der Waals surface area contributed by atoms with Crippen molar-refractivity contribution in [3.8, 4) is 0 Å². The predicted molar refractivity (Wildman–Crippen MR) is 78.0 cm³/mol. The molecule has 0 spiro atoms. The second-order valence-electron chi connectivity index (χ2n) is 6.42. The van der Waals surface area contributed by atoms with Crippen LogP contribution >= 0.6 is 0 Å². The maximum absolute atomic E-state index is 11.7. The molecule has 0 aliphatic heterocycles. The average Bonchev–Trinajstić information content (AvgIpc) is 2.37. The quantitative estimate of drug-likeness (QED) is 0.807. The van der Waals surface area contributed by atoms with E-state index < -0.39 is 11.7 Å². The topological polar surface area (TPSA) is 73.9 Å². The molecule has 1 unspecified atom stereocenters. The van der Waals surface area contributed by atoms with Gasteiger partial charge in [-0.1, -0.05) is 0 Å². The van der Waals surface area contributed by atoms with E-state index in [2.05, 4.69) is 10.1 Å². The van der Waals surface area contributed by atoms with Crippen molar-refractivity contribution in [3.63, 3.8) is 0 Å². The van der Waals surface area contributed by atoms with E-state index in [1.165, 1.54) is 7.11 Å². The first-order valence-corrected chi connectivity index (χ1v) is 7.44. The molecular weight excluding hydrogens is 274 g/mol. The van der Waals surface area contributed by atoms with Gasteiger partial charge in [0, 0.05) is 6.04 Å². The van der Waals surface area contributed by atoms with E-state index >= 15 is 0 Å². The SMILES string of the molecule is COC(=O)C(C)OC1CCC(NC(=O)OC(C)(C)C)CC1. The summed E-state index contributed by atoms with van der Waals surface area (Å²) in [4.78, 5) is 23.0. The van der Waals surface area contributed by atoms with Crippen LogP contribution in [0.15, 0.2) is 0 Å². The number of ether oxygens (including phenoxy) is 3. The number of amides is 1. The molecule has 1 amide bonds. The van der Waals surface area contributed by atoms with Crippen molar-refractivity contribution in [2.75, 3.05) is 7.11 Å². The predicted octanol–water partition coefficient (Wildman–Crippen LogP) is 2.40. The number of hydrogen-bond acceptors (Lipinski definition) is 5. The normalized spacial score (nSPS) is 24.0. The van der Waals surface area contributed by atoms with Crippen molar-refractivity contribution in [2.45, 2.75) is 77.2 Å². The first-order valence-electron chi connectivity index (χ1n) is 7.44. The number of nitrogens with one attached hydrogen (secondary N) is 1. The highest BCUT2D eigenvalue weighted by molar-refractivity contribution is 5.74. The maximum Gasteiger partial charge on any atom is 0.407 e. The monoisotopic (exact) mass is 301 g/mol. The first-order chi connectivity index (χ1) is 9.71. The molecule has 6 nitrogen and oxygen atoms in total. The maximum atomic E-state index is 11.7. The summed E-state index contributed by atoms with van der Waals surface area (Å²) in [7, 11) is 1.35. The van der Waals surface area contributed by atoms with Crippen molar-refractivity contribution < 1.29 is 23.8 Å². The van der Waals surface area contributed by atoms with Gasteiger partial charge in [0.25, 0.3) is 0 Å². The molecule has 21 heavy (non-hydrogen) atoms. The zero-order valence-electron chi connectivity index (χ0n) is 13.6. The summed E-state index contributed by atoms with van der Waals surface area (Å²) < 4.78 is 15.5. The van der Waals surface area contributed by atoms with Crippen LogP contribution in [0.1, 0.15) is 53.4 Å². The zero-order valence-corrected chi connectivity index (χ0v) is 13.6. The molecule has 0 aromatic carbocycles. The van der Waals surface area contributed by atoms with E-state index in [9.17, 15) is 9.59 Å². The van der Waals surface area contributed by atoms with Gasteiger partial charge in [-0.25, -0.2) is 9.59 Å². The molecule has 1 fully saturated rings. The first kappa shape index (κ1) is 17.8. The number of rotatable bonds is 4. The molecule has 1 rings (SSSR count). The summed E-state index contributed by atoms with van der Waals surface area (Å²) in [6.45, 7) is 7.21. The molecule has 0 aromatic heterocycles. The molecule has 1 saturated carbocycles. The molecule has 0 bridgehead atoms. The van der Waals surface area contributed by atoms with Gasteiger partial charge in [0.05, 0.1) is 13.2 Å². The van der Waals surface area contributed by atoms with Gasteiger partial charge in [0.2, 0.25) is 0 Å². The standard InChI is InChI=1S/C15H27NO5/c1-10(13(17)19-5)20-12-8-6-11(7-9-12)16-14(18)21-15(2,3)4/h10-12H,6-9H2,1-5H3,(H,16,18). The van der Waals surface area contributed by atoms with Crippen LogP contribution in [-0.2, 0) is 19.0 Å². The highest BCUT2D eigenvalue weighted by Gasteiger charge is 2.27. The van der Waals surface area contributed by atoms with Crippen LogP contribution in [0.2, 0.25) is 0 Å². The molecule has 6 heteroatoms. The van der Waals surface area contributed by atoms with Crippen LogP contribution in [-0.4, -0.2) is 43.0 Å². The Labute approximate surface area is 126 Å². The molecule has 0 radical (unpaired) electrons. The molecule has 0 saturated heterocycles. The van der Waals surface area contributed by atoms with Crippen LogP contribution in [0, 0.1) is 0 Å². The van der Waals surface area contributed by atoms with Gasteiger partial charge in [-0.3, -0.25) is 0 Å². The molecule has 1 aliphatic rings. The third-order valence-electron chi connectivity index (χ3n) is 3.32. The van der Waals surface area contributed by atoms with Crippen LogP contribution < -0.4 is 5.32 Å². The van der Waals surface area contributed by atoms with Gasteiger partial charge in [0.1, 0.15) is 5.60 Å². The lowest BCUT2D eigenvalue weighted by atomic mass is 9.93. The Bertz CT molecular complexity index is 356. The summed E-state index contributed by atoms with van der Waals surface area (Å²) in [5.74, 6) is -0.357. The van der Waals surface area contributed by atoms with Crippen molar-refractivity contribution in [1.29, 1.82) is 0 Å². The van der Waals surface area contributed by atoms with Crippen molar-refractivity contribution in [2.24, 2.45) is 0 Å². The number of hydrogen-bond donors (Lipinski definition) is 1. The zero-order chi connectivity index (χ0) is 16.0. The third kappa shape index (κ3) is 6.80. The number of alkyl carbamates (subject to hydrolysis) is 1. The van der Waals surface area contributed by atoms with Gasteiger partial charge in [0.15, 0.2) is 6.10 Å². The summed E-state index contributed by atoms with van der Waals surface area (Å²) in [5, 5.41) is 2.87. The molecule has 0 aromatic rings. The van der Waals surface area contributed by atoms with E-state index in [1.54, 1.807) is 6.92 Å². The fourth-order valence-electron chi connectivity index (χ4n) is 2.33. The Balaban J connectivity index is 2.29. The fourth-order valence-corrected chi connectivity index (χ4v) is 2.33. The van der Waals surface area contributed by atoms with E-state index in [0.29, 0.717) is 0 Å². The summed E-state index contributed by atoms with van der Waals surface area (Å²) in [6, 6.07) is 0.105. The average molecular weight is 301 g/mol. The lowest BCUT2D eigenvalue weighted by Crippen LogP contribution is -2.42. The van der Waals surface area contributed by atoms with Crippen molar-refractivity contribution in [1.82, 2.24) is 5.32 Å². The van der Waals surface area contributed by atoms with E-state index in [4.69, 9.17) is 9.47 Å². The molecule has 122 valence electrons. The van der Waals surface area contributed by atoms with E-state index in [-0.39, 0.29) is 24.2 Å². The minimum atomic E-state index is -0.546. The summed E-state index contributed by atoms with van der Waals surface area (Å²) >= 11 is 0. The van der Waals surface area contributed by atoms with Gasteiger partial charge in [-0.2, -0.15) is 0 Å². The molecule has 1 N–H and O–H groups in total. The van der Waals surface area contributed by atoms with E-state index in [1.807, 2.05) is 20.8 Å². The van der Waals surface area contributed by atoms with Gasteiger partial charge in [-0.05, 0) is 53.4 Å². The molecule has 0 heterocycles. The van der Waals surface area contributed by atoms with Crippen LogP contribution in [0.3, 0.4) is 0 Å². The van der Waals surface area contributed by atoms with Crippen molar-refractivity contribution in [3.05, 3.63) is 0 Å². The van der Waals surface area contributed by atoms with Gasteiger partial charge in [-0.15, -0.1) is 0 Å². The third-order valence-corrected chi connectivity index (χ3v) is 3.32. The molecular formula is C15H27NO5. The molecule has 1 aliphatic carbocycles. The van der Waals surface area contributed by atoms with Gasteiger partial charge < -0.3 is 19.5 Å². The highest BCUT2D eigenvalue weighted by atomic mass is 16.6. The Morgan fingerprint density at radius 3 is 2.19 bits per heavy atom. The number of methoxy groups -OCH3 is 1. The summed E-state index contributed by atoms with van der Waals surface area (Å²) in [6.07, 6.45) is 2.36. The number of esters is 1. The number of carbonyl (C=O) groups excluding carboxylic acids is 2. The lowest BCUT2D eigenvalue weighted by molar-refractivity contribution is -0.157. The second kappa shape index (κ2) is 7.64. The fraction of sp³-hybridized carbons (Fsp3) is 0.867. The van der Waals surface area contributed by atoms with Crippen LogP contribution in [0.25, 0.3) is 0 Å². The van der Waals surface area contributed by atoms with Crippen LogP contribution in [0.4, 0.5) is 4.79 Å². The second-order valence-corrected chi connectivity index (χ2v) is 6.42. The Morgan fingerprint density at radius 2 is 1.71 bits per heavy atom. The minimum absolute atomic E-state index is 0.0378. The Morgan fingerprint density at radius 1 is 1.14 bits per heavy atom. The smallest absolute Gasteiger partial charge is 0.407 e. The number of carbonyl (C=O) groups is 2. The largest absolute Gasteiger partial charge is 0.467 e. The van der Waals surface area contributed by atoms with Crippen molar-refractivity contribution >= 4 is 12.1 Å². The summed E-state index contributed by atoms with van der Waals surface area (Å²) in [5.41, 5.74) is -0.486. The highest BCUT2D eigenvalue weighted by Crippen LogP contribution is 2.23.